The van der Waals surface area contributed by atoms with Crippen molar-refractivity contribution in [3.05, 3.63) is 48.6 Å². The van der Waals surface area contributed by atoms with Gasteiger partial charge in [0.2, 0.25) is 5.91 Å². The van der Waals surface area contributed by atoms with E-state index in [1.807, 2.05) is 6.08 Å². The first-order valence-electron chi connectivity index (χ1n) is 24.9. The lowest BCUT2D eigenvalue weighted by Crippen LogP contribution is -2.45. The Morgan fingerprint density at radius 3 is 1.40 bits per heavy atom. The van der Waals surface area contributed by atoms with E-state index < -0.39 is 12.1 Å². The summed E-state index contributed by atoms with van der Waals surface area (Å²) in [6, 6.07) is -0.666. The van der Waals surface area contributed by atoms with Gasteiger partial charge in [0.25, 0.3) is 0 Å². The Labute approximate surface area is 359 Å². The number of unbranched alkanes of at least 4 members (excludes halogenated alkanes) is 28. The van der Waals surface area contributed by atoms with Crippen molar-refractivity contribution in [3.8, 4) is 0 Å². The highest BCUT2D eigenvalue weighted by molar-refractivity contribution is 5.76. The molecule has 0 spiro atoms. The highest BCUT2D eigenvalue weighted by Crippen LogP contribution is 2.14. The van der Waals surface area contributed by atoms with Crippen LogP contribution >= 0.6 is 0 Å². The number of aliphatic hydroxyl groups is 2. The Balaban J connectivity index is 3.57. The molecule has 0 heterocycles. The molecule has 0 bridgehead atoms. The monoisotopic (exact) mass is 814 g/mol. The van der Waals surface area contributed by atoms with Gasteiger partial charge in [0, 0.05) is 12.8 Å². The smallest absolute Gasteiger partial charge is 0.305 e. The topological polar surface area (TPSA) is 95.9 Å². The maximum atomic E-state index is 12.4. The lowest BCUT2D eigenvalue weighted by atomic mass is 10.0. The molecule has 2 atom stereocenters. The van der Waals surface area contributed by atoms with Gasteiger partial charge in [-0.05, 0) is 83.5 Å². The molecule has 0 aromatic rings. The molecule has 6 heteroatoms. The zero-order chi connectivity index (χ0) is 42.3. The molecular weight excluding hydrogens is 719 g/mol. The Hall–Kier alpha value is -2.18. The standard InChI is InChI=1S/C52H95NO5/c1-3-5-7-9-11-13-15-17-18-19-20-21-22-24-26-30-34-38-42-46-52(57)58-47-43-39-35-31-27-29-33-37-41-45-51(56)53-49(48-54)50(55)44-40-36-32-28-25-23-16-14-12-10-8-6-4-2/h11,13,17-18,29,33,40,44,49-50,54-55H,3-10,12,14-16,19-28,30-32,34-39,41-43,45-48H2,1-2H3,(H,53,56)/b13-11-,18-17-,33-29-,44-40+. The summed E-state index contributed by atoms with van der Waals surface area (Å²) in [5.41, 5.74) is 0. The Kier molecular flexibility index (Phi) is 45.7. The molecule has 3 N–H and O–H groups in total. The van der Waals surface area contributed by atoms with E-state index in [4.69, 9.17) is 4.74 Å². The fraction of sp³-hybridized carbons (Fsp3) is 0.808. The summed E-state index contributed by atoms with van der Waals surface area (Å²) in [7, 11) is 0. The summed E-state index contributed by atoms with van der Waals surface area (Å²) in [6.45, 7) is 4.77. The average molecular weight is 814 g/mol. The number of carbonyl (C=O) groups is 2. The van der Waals surface area contributed by atoms with Gasteiger partial charge in [-0.2, -0.15) is 0 Å². The molecule has 0 saturated carbocycles. The van der Waals surface area contributed by atoms with Crippen LogP contribution in [-0.4, -0.2) is 47.4 Å². The highest BCUT2D eigenvalue weighted by Gasteiger charge is 2.17. The van der Waals surface area contributed by atoms with Crippen molar-refractivity contribution in [2.45, 2.75) is 257 Å². The summed E-state index contributed by atoms with van der Waals surface area (Å²) in [6.07, 6.45) is 58.3. The van der Waals surface area contributed by atoms with E-state index >= 15 is 0 Å². The summed E-state index contributed by atoms with van der Waals surface area (Å²) >= 11 is 0. The van der Waals surface area contributed by atoms with Crippen LogP contribution in [0.15, 0.2) is 48.6 Å². The van der Waals surface area contributed by atoms with Crippen LogP contribution in [0.5, 0.6) is 0 Å². The fourth-order valence-corrected chi connectivity index (χ4v) is 7.19. The Morgan fingerprint density at radius 2 is 0.879 bits per heavy atom. The number of hydrogen-bond acceptors (Lipinski definition) is 5. The zero-order valence-electron chi connectivity index (χ0n) is 38.3. The minimum atomic E-state index is -0.875. The first kappa shape index (κ1) is 55.8. The molecular formula is C52H95NO5. The van der Waals surface area contributed by atoms with Crippen molar-refractivity contribution in [2.24, 2.45) is 0 Å². The first-order chi connectivity index (χ1) is 28.5. The van der Waals surface area contributed by atoms with Crippen LogP contribution in [0.4, 0.5) is 0 Å². The summed E-state index contributed by atoms with van der Waals surface area (Å²) in [5.74, 6) is -0.174. The van der Waals surface area contributed by atoms with Crippen molar-refractivity contribution in [1.82, 2.24) is 5.32 Å². The molecule has 0 aliphatic heterocycles. The Bertz CT molecular complexity index is 988. The van der Waals surface area contributed by atoms with Crippen molar-refractivity contribution in [3.63, 3.8) is 0 Å². The number of aliphatic hydroxyl groups excluding tert-OH is 2. The number of allylic oxidation sites excluding steroid dienone is 7. The van der Waals surface area contributed by atoms with Crippen molar-refractivity contribution in [1.29, 1.82) is 0 Å². The number of hydrogen-bond donors (Lipinski definition) is 3. The van der Waals surface area contributed by atoms with E-state index in [1.54, 1.807) is 6.08 Å². The Morgan fingerprint density at radius 1 is 0.483 bits per heavy atom. The van der Waals surface area contributed by atoms with E-state index in [0.29, 0.717) is 19.4 Å². The van der Waals surface area contributed by atoms with E-state index in [-0.39, 0.29) is 18.5 Å². The molecule has 6 nitrogen and oxygen atoms in total. The second-order valence-electron chi connectivity index (χ2n) is 16.8. The van der Waals surface area contributed by atoms with Gasteiger partial charge < -0.3 is 20.3 Å². The third kappa shape index (κ3) is 43.4. The number of rotatable bonds is 45. The quantitative estimate of drug-likeness (QED) is 0.0323. The SMILES string of the molecule is CCCCC/C=C\C/C=C\CCCCCCCCCCCC(=O)OCCCCCC/C=C\CCCC(=O)NC(CO)C(O)/C=C/CCCCCCCCCCCCC. The third-order valence-electron chi connectivity index (χ3n) is 11.1. The van der Waals surface area contributed by atoms with E-state index in [2.05, 4.69) is 55.6 Å². The molecule has 2 unspecified atom stereocenters. The van der Waals surface area contributed by atoms with Crippen LogP contribution in [0.1, 0.15) is 245 Å². The molecule has 1 amide bonds. The predicted molar refractivity (Wildman–Crippen MR) is 250 cm³/mol. The van der Waals surface area contributed by atoms with Gasteiger partial charge in [-0.25, -0.2) is 0 Å². The van der Waals surface area contributed by atoms with Gasteiger partial charge in [-0.1, -0.05) is 197 Å². The number of ether oxygens (including phenoxy) is 1. The van der Waals surface area contributed by atoms with Gasteiger partial charge in [0.1, 0.15) is 0 Å². The molecule has 0 aliphatic rings. The molecule has 0 radical (unpaired) electrons. The van der Waals surface area contributed by atoms with Gasteiger partial charge in [0.15, 0.2) is 0 Å². The highest BCUT2D eigenvalue weighted by atomic mass is 16.5. The first-order valence-corrected chi connectivity index (χ1v) is 24.9. The predicted octanol–water partition coefficient (Wildman–Crippen LogP) is 14.7. The fourth-order valence-electron chi connectivity index (χ4n) is 7.19. The minimum absolute atomic E-state index is 0.0430. The summed E-state index contributed by atoms with van der Waals surface area (Å²) in [4.78, 5) is 24.4. The minimum Gasteiger partial charge on any atom is -0.466 e. The zero-order valence-corrected chi connectivity index (χ0v) is 38.3. The lowest BCUT2D eigenvalue weighted by Gasteiger charge is -2.19. The van der Waals surface area contributed by atoms with Crippen molar-refractivity contribution >= 4 is 11.9 Å². The summed E-state index contributed by atoms with van der Waals surface area (Å²) < 4.78 is 5.44. The van der Waals surface area contributed by atoms with E-state index in [0.717, 1.165) is 77.0 Å². The van der Waals surface area contributed by atoms with Gasteiger partial charge >= 0.3 is 5.97 Å². The number of carbonyl (C=O) groups excluding carboxylic acids is 2. The van der Waals surface area contributed by atoms with E-state index in [1.165, 1.54) is 141 Å². The maximum absolute atomic E-state index is 12.4. The van der Waals surface area contributed by atoms with Crippen molar-refractivity contribution < 1.29 is 24.5 Å². The number of amides is 1. The second-order valence-corrected chi connectivity index (χ2v) is 16.8. The number of esters is 1. The van der Waals surface area contributed by atoms with Crippen LogP contribution in [0.25, 0.3) is 0 Å². The van der Waals surface area contributed by atoms with Crippen LogP contribution in [-0.2, 0) is 14.3 Å². The van der Waals surface area contributed by atoms with Crippen molar-refractivity contribution in [2.75, 3.05) is 13.2 Å². The summed E-state index contributed by atoms with van der Waals surface area (Å²) in [5, 5.41) is 22.9. The molecule has 0 aliphatic carbocycles. The van der Waals surface area contributed by atoms with Gasteiger partial charge in [-0.15, -0.1) is 0 Å². The molecule has 58 heavy (non-hydrogen) atoms. The largest absolute Gasteiger partial charge is 0.466 e. The van der Waals surface area contributed by atoms with Gasteiger partial charge in [0.05, 0.1) is 25.4 Å². The third-order valence-corrected chi connectivity index (χ3v) is 11.1. The average Bonchev–Trinajstić information content (AvgIpc) is 3.22. The molecule has 0 aromatic heterocycles. The van der Waals surface area contributed by atoms with Crippen LogP contribution in [0.3, 0.4) is 0 Å². The maximum Gasteiger partial charge on any atom is 0.305 e. The van der Waals surface area contributed by atoms with E-state index in [9.17, 15) is 19.8 Å². The second kappa shape index (κ2) is 47.5. The normalized spacial score (nSPS) is 13.1. The van der Waals surface area contributed by atoms with Crippen LogP contribution < -0.4 is 5.32 Å². The number of nitrogens with one attached hydrogen (secondary N) is 1. The molecule has 0 saturated heterocycles. The van der Waals surface area contributed by atoms with Crippen LogP contribution in [0, 0.1) is 0 Å². The molecule has 0 aromatic carbocycles. The van der Waals surface area contributed by atoms with Crippen LogP contribution in [0.2, 0.25) is 0 Å². The molecule has 0 fully saturated rings. The van der Waals surface area contributed by atoms with Gasteiger partial charge in [-0.3, -0.25) is 9.59 Å². The molecule has 0 rings (SSSR count). The lowest BCUT2D eigenvalue weighted by molar-refractivity contribution is -0.143. The molecule has 338 valence electrons.